The molecule has 1 aromatic carbocycles. The van der Waals surface area contributed by atoms with Gasteiger partial charge in [-0.2, -0.15) is 0 Å². The topological polar surface area (TPSA) is 47.4 Å². The molecule has 5 heteroatoms. The lowest BCUT2D eigenvalue weighted by Crippen LogP contribution is -2.36. The average Bonchev–Trinajstić information content (AvgIpc) is 2.87. The molecule has 1 aromatic heterocycles. The van der Waals surface area contributed by atoms with Crippen molar-refractivity contribution in [3.63, 3.8) is 0 Å². The average molecular weight is 299 g/mol. The summed E-state index contributed by atoms with van der Waals surface area (Å²) in [4.78, 5) is 18.9. The maximum Gasteiger partial charge on any atom is 0.227 e. The molecule has 3 rings (SSSR count). The highest BCUT2D eigenvalue weighted by Crippen LogP contribution is 2.17. The van der Waals surface area contributed by atoms with Gasteiger partial charge < -0.3 is 14.2 Å². The van der Waals surface area contributed by atoms with Gasteiger partial charge in [-0.3, -0.25) is 4.79 Å². The zero-order chi connectivity index (χ0) is 15.4. The Hall–Kier alpha value is -2.14. The lowest BCUT2D eigenvalue weighted by molar-refractivity contribution is -0.131. The van der Waals surface area contributed by atoms with E-state index in [1.54, 1.807) is 13.3 Å². The summed E-state index contributed by atoms with van der Waals surface area (Å²) >= 11 is 0. The van der Waals surface area contributed by atoms with Gasteiger partial charge in [0, 0.05) is 38.5 Å². The van der Waals surface area contributed by atoms with Crippen LogP contribution in [0.1, 0.15) is 11.4 Å². The van der Waals surface area contributed by atoms with E-state index in [4.69, 9.17) is 4.74 Å². The second-order valence-corrected chi connectivity index (χ2v) is 5.75. The zero-order valence-electron chi connectivity index (χ0n) is 12.8. The minimum absolute atomic E-state index is 0.142. The molecule has 0 N–H and O–H groups in total. The summed E-state index contributed by atoms with van der Waals surface area (Å²) in [7, 11) is 1.70. The quantitative estimate of drug-likeness (QED) is 0.864. The van der Waals surface area contributed by atoms with Crippen molar-refractivity contribution >= 4 is 5.91 Å². The second kappa shape index (κ2) is 6.75. The van der Waals surface area contributed by atoms with Gasteiger partial charge in [-0.25, -0.2) is 4.98 Å². The fraction of sp³-hybridized carbons (Fsp3) is 0.412. The number of rotatable bonds is 4. The number of benzene rings is 1. The van der Waals surface area contributed by atoms with Gasteiger partial charge in [0.05, 0.1) is 19.6 Å². The number of fused-ring (bicyclic) bond motifs is 1. The van der Waals surface area contributed by atoms with Gasteiger partial charge in [0.2, 0.25) is 5.91 Å². The predicted octanol–water partition coefficient (Wildman–Crippen LogP) is 1.73. The molecule has 0 saturated heterocycles. The maximum absolute atomic E-state index is 12.6. The lowest BCUT2D eigenvalue weighted by Gasteiger charge is -2.23. The Labute approximate surface area is 130 Å². The van der Waals surface area contributed by atoms with Crippen molar-refractivity contribution in [1.29, 1.82) is 0 Å². The summed E-state index contributed by atoms with van der Waals surface area (Å²) in [6.07, 6.45) is 4.20. The maximum atomic E-state index is 12.6. The van der Waals surface area contributed by atoms with E-state index in [0.717, 1.165) is 17.9 Å². The fourth-order valence-electron chi connectivity index (χ4n) is 2.95. The number of carbonyl (C=O) groups is 1. The van der Waals surface area contributed by atoms with E-state index in [1.165, 1.54) is 0 Å². The summed E-state index contributed by atoms with van der Waals surface area (Å²) in [5, 5.41) is 0. The lowest BCUT2D eigenvalue weighted by atomic mass is 10.1. The molecule has 1 amide bonds. The molecule has 0 saturated carbocycles. The Morgan fingerprint density at radius 2 is 2.14 bits per heavy atom. The van der Waals surface area contributed by atoms with Gasteiger partial charge in [0.1, 0.15) is 5.82 Å². The Morgan fingerprint density at radius 1 is 1.32 bits per heavy atom. The van der Waals surface area contributed by atoms with Crippen LogP contribution in [0.2, 0.25) is 0 Å². The number of amides is 1. The molecule has 0 radical (unpaired) electrons. The summed E-state index contributed by atoms with van der Waals surface area (Å²) in [5.41, 5.74) is 1.04. The monoisotopic (exact) mass is 299 g/mol. The van der Waals surface area contributed by atoms with Crippen LogP contribution in [0.15, 0.2) is 42.7 Å². The molecule has 5 nitrogen and oxygen atoms in total. The molecule has 0 unspecified atom stereocenters. The second-order valence-electron chi connectivity index (χ2n) is 5.75. The molecule has 0 fully saturated rings. The number of carbonyl (C=O) groups excluding carboxylic acids is 1. The first-order valence-electron chi connectivity index (χ1n) is 7.57. The van der Waals surface area contributed by atoms with Gasteiger partial charge in [-0.1, -0.05) is 30.3 Å². The summed E-state index contributed by atoms with van der Waals surface area (Å²) in [5.74, 6) is 1.38. The molecule has 1 aliphatic heterocycles. The van der Waals surface area contributed by atoms with E-state index >= 15 is 0 Å². The van der Waals surface area contributed by atoms with Gasteiger partial charge in [0.25, 0.3) is 0 Å². The molecule has 1 aliphatic rings. The normalized spacial score (nSPS) is 17.9. The summed E-state index contributed by atoms with van der Waals surface area (Å²) in [6.45, 7) is 2.77. The van der Waals surface area contributed by atoms with Gasteiger partial charge >= 0.3 is 0 Å². The third-order valence-corrected chi connectivity index (χ3v) is 4.02. The standard InChI is InChI=1S/C17H21N3O2/c1-22-13-15-10-19-8-7-18-16(19)12-20(11-15)17(21)9-14-5-3-2-4-6-14/h2-8,15H,9-13H2,1H3/t15-/m0/s1. The highest BCUT2D eigenvalue weighted by molar-refractivity contribution is 5.78. The first-order valence-corrected chi connectivity index (χ1v) is 7.57. The van der Waals surface area contributed by atoms with E-state index in [9.17, 15) is 4.79 Å². The van der Waals surface area contributed by atoms with E-state index in [-0.39, 0.29) is 5.91 Å². The van der Waals surface area contributed by atoms with Crippen molar-refractivity contribution in [2.24, 2.45) is 5.92 Å². The number of methoxy groups -OCH3 is 1. The molecular formula is C17H21N3O2. The van der Waals surface area contributed by atoms with Crippen LogP contribution in [-0.4, -0.2) is 40.6 Å². The van der Waals surface area contributed by atoms with Crippen LogP contribution in [0.3, 0.4) is 0 Å². The molecule has 1 atom stereocenters. The van der Waals surface area contributed by atoms with Crippen molar-refractivity contribution in [2.75, 3.05) is 20.3 Å². The van der Waals surface area contributed by atoms with Crippen molar-refractivity contribution in [1.82, 2.24) is 14.5 Å². The number of hydrogen-bond acceptors (Lipinski definition) is 3. The smallest absolute Gasteiger partial charge is 0.227 e. The van der Waals surface area contributed by atoms with Crippen LogP contribution < -0.4 is 0 Å². The predicted molar refractivity (Wildman–Crippen MR) is 83.2 cm³/mol. The van der Waals surface area contributed by atoms with Crippen LogP contribution in [0.4, 0.5) is 0 Å². The van der Waals surface area contributed by atoms with E-state index in [1.807, 2.05) is 41.4 Å². The van der Waals surface area contributed by atoms with Crippen LogP contribution in [-0.2, 0) is 29.0 Å². The van der Waals surface area contributed by atoms with Crippen LogP contribution in [0, 0.1) is 5.92 Å². The SMILES string of the molecule is COC[C@@H]1CN(C(=O)Cc2ccccc2)Cc2nccn2C1. The molecule has 2 aromatic rings. The van der Waals surface area contributed by atoms with Crippen molar-refractivity contribution in [3.05, 3.63) is 54.1 Å². The van der Waals surface area contributed by atoms with Gasteiger partial charge in [0.15, 0.2) is 0 Å². The van der Waals surface area contributed by atoms with Gasteiger partial charge in [-0.05, 0) is 5.56 Å². The molecule has 2 heterocycles. The van der Waals surface area contributed by atoms with Crippen LogP contribution in [0.25, 0.3) is 0 Å². The molecule has 0 spiro atoms. The fourth-order valence-corrected chi connectivity index (χ4v) is 2.95. The third kappa shape index (κ3) is 3.36. The van der Waals surface area contributed by atoms with Gasteiger partial charge in [-0.15, -0.1) is 0 Å². The number of nitrogens with zero attached hydrogens (tertiary/aromatic N) is 3. The van der Waals surface area contributed by atoms with E-state index < -0.39 is 0 Å². The Balaban J connectivity index is 1.75. The summed E-state index contributed by atoms with van der Waals surface area (Å²) < 4.78 is 7.43. The molecule has 22 heavy (non-hydrogen) atoms. The van der Waals surface area contributed by atoms with E-state index in [2.05, 4.69) is 9.55 Å². The highest BCUT2D eigenvalue weighted by atomic mass is 16.5. The zero-order valence-corrected chi connectivity index (χ0v) is 12.8. The minimum Gasteiger partial charge on any atom is -0.384 e. The number of hydrogen-bond donors (Lipinski definition) is 0. The number of imidazole rings is 1. The van der Waals surface area contributed by atoms with Crippen molar-refractivity contribution < 1.29 is 9.53 Å². The molecule has 0 bridgehead atoms. The van der Waals surface area contributed by atoms with Crippen molar-refractivity contribution in [2.45, 2.75) is 19.5 Å². The Morgan fingerprint density at radius 3 is 2.91 bits per heavy atom. The Kier molecular flexibility index (Phi) is 4.53. The third-order valence-electron chi connectivity index (χ3n) is 4.02. The first kappa shape index (κ1) is 14.8. The van der Waals surface area contributed by atoms with Crippen LogP contribution >= 0.6 is 0 Å². The minimum atomic E-state index is 0.142. The molecule has 0 aliphatic carbocycles. The summed E-state index contributed by atoms with van der Waals surface area (Å²) in [6, 6.07) is 9.87. The van der Waals surface area contributed by atoms with Crippen molar-refractivity contribution in [3.8, 4) is 0 Å². The van der Waals surface area contributed by atoms with Crippen LogP contribution in [0.5, 0.6) is 0 Å². The highest BCUT2D eigenvalue weighted by Gasteiger charge is 2.25. The molecular weight excluding hydrogens is 278 g/mol. The largest absolute Gasteiger partial charge is 0.384 e. The number of aromatic nitrogens is 2. The first-order chi connectivity index (χ1) is 10.8. The van der Waals surface area contributed by atoms with E-state index in [0.29, 0.717) is 32.0 Å². The Bertz CT molecular complexity index is 624. The molecule has 116 valence electrons. The number of ether oxygens (including phenoxy) is 1.